The molecule has 0 bridgehead atoms. The van der Waals surface area contributed by atoms with Crippen molar-refractivity contribution in [3.05, 3.63) is 156 Å². The third-order valence-corrected chi connectivity index (χ3v) is 8.69. The number of fused-ring (bicyclic) bond motifs is 3. The molecular formula is C40H29N3. The highest BCUT2D eigenvalue weighted by Gasteiger charge is 2.27. The lowest BCUT2D eigenvalue weighted by atomic mass is 9.80. The summed E-state index contributed by atoms with van der Waals surface area (Å²) in [6.07, 6.45) is 4.45. The number of rotatable bonds is 4. The monoisotopic (exact) mass is 551 g/mol. The molecule has 0 radical (unpaired) electrons. The van der Waals surface area contributed by atoms with Gasteiger partial charge in [0.25, 0.3) is 0 Å². The number of allylic oxidation sites excluding steroid dienone is 1. The summed E-state index contributed by atoms with van der Waals surface area (Å²) in [5.74, 6) is 2.48. The van der Waals surface area contributed by atoms with Crippen LogP contribution in [-0.4, -0.2) is 15.0 Å². The summed E-state index contributed by atoms with van der Waals surface area (Å²) in [7, 11) is 0. The van der Waals surface area contributed by atoms with Crippen LogP contribution < -0.4 is 0 Å². The summed E-state index contributed by atoms with van der Waals surface area (Å²) < 4.78 is 0. The maximum atomic E-state index is 5.11. The molecule has 3 nitrogen and oxygen atoms in total. The molecule has 0 aliphatic heterocycles. The minimum atomic E-state index is 0.0488. The number of benzene rings is 6. The highest BCUT2D eigenvalue weighted by Crippen LogP contribution is 2.39. The Morgan fingerprint density at radius 1 is 0.465 bits per heavy atom. The van der Waals surface area contributed by atoms with Crippen LogP contribution in [0.15, 0.2) is 140 Å². The van der Waals surface area contributed by atoms with E-state index < -0.39 is 0 Å². The van der Waals surface area contributed by atoms with Gasteiger partial charge in [0.1, 0.15) is 5.82 Å². The lowest BCUT2D eigenvalue weighted by molar-refractivity contribution is 0.630. The van der Waals surface area contributed by atoms with Crippen molar-refractivity contribution >= 4 is 27.6 Å². The maximum absolute atomic E-state index is 5.11. The quantitative estimate of drug-likeness (QED) is 0.218. The largest absolute Gasteiger partial charge is 0.212 e. The van der Waals surface area contributed by atoms with E-state index in [4.69, 9.17) is 15.0 Å². The molecule has 1 aliphatic carbocycles. The van der Waals surface area contributed by atoms with Gasteiger partial charge in [0.15, 0.2) is 11.6 Å². The first kappa shape index (κ1) is 25.3. The van der Waals surface area contributed by atoms with Crippen molar-refractivity contribution in [2.75, 3.05) is 0 Å². The first-order valence-electron chi connectivity index (χ1n) is 14.8. The van der Waals surface area contributed by atoms with E-state index in [0.717, 1.165) is 17.0 Å². The van der Waals surface area contributed by atoms with Crippen LogP contribution in [0.1, 0.15) is 35.7 Å². The third-order valence-electron chi connectivity index (χ3n) is 8.69. The molecule has 2 atom stereocenters. The Morgan fingerprint density at radius 3 is 1.72 bits per heavy atom. The van der Waals surface area contributed by atoms with E-state index in [-0.39, 0.29) is 11.8 Å². The summed E-state index contributed by atoms with van der Waals surface area (Å²) >= 11 is 0. The highest BCUT2D eigenvalue weighted by atomic mass is 15.0. The van der Waals surface area contributed by atoms with Crippen molar-refractivity contribution in [2.24, 2.45) is 0 Å². The van der Waals surface area contributed by atoms with Crippen LogP contribution in [0.4, 0.5) is 0 Å². The fraction of sp³-hybridized carbons (Fsp3) is 0.0750. The predicted molar refractivity (Wildman–Crippen MR) is 178 cm³/mol. The molecule has 0 spiro atoms. The molecule has 0 amide bonds. The number of hydrogen-bond acceptors (Lipinski definition) is 3. The van der Waals surface area contributed by atoms with Crippen LogP contribution in [0, 0.1) is 0 Å². The molecule has 0 saturated heterocycles. The molecule has 8 rings (SSSR count). The Hall–Kier alpha value is -5.41. The molecule has 204 valence electrons. The minimum Gasteiger partial charge on any atom is -0.212 e. The third kappa shape index (κ3) is 4.69. The van der Waals surface area contributed by atoms with Crippen LogP contribution in [-0.2, 0) is 0 Å². The van der Waals surface area contributed by atoms with Crippen LogP contribution in [0.2, 0.25) is 0 Å². The number of nitrogens with zero attached hydrogens (tertiary/aromatic N) is 3. The van der Waals surface area contributed by atoms with E-state index >= 15 is 0 Å². The SMILES string of the molecule is CC1c2ccccc2C=CC1c1nc(-c2ccc(-c3ccc4ccccc4c3)cc2)nc(-c2ccc3ccccc3c2)n1. The molecule has 7 aromatic rings. The highest BCUT2D eigenvalue weighted by molar-refractivity contribution is 5.88. The summed E-state index contributed by atoms with van der Waals surface area (Å²) in [6.45, 7) is 2.27. The Kier molecular flexibility index (Phi) is 6.15. The Bertz CT molecular complexity index is 2160. The number of aromatic nitrogens is 3. The first-order chi connectivity index (χ1) is 21.2. The number of hydrogen-bond donors (Lipinski definition) is 0. The second-order valence-electron chi connectivity index (χ2n) is 11.3. The van der Waals surface area contributed by atoms with E-state index in [0.29, 0.717) is 11.6 Å². The average molecular weight is 552 g/mol. The molecule has 1 heterocycles. The summed E-state index contributed by atoms with van der Waals surface area (Å²) in [4.78, 5) is 15.3. The molecule has 0 N–H and O–H groups in total. The average Bonchev–Trinajstić information content (AvgIpc) is 3.08. The molecule has 43 heavy (non-hydrogen) atoms. The lowest BCUT2D eigenvalue weighted by Gasteiger charge is -2.26. The summed E-state index contributed by atoms with van der Waals surface area (Å²) in [5, 5.41) is 4.85. The predicted octanol–water partition coefficient (Wildman–Crippen LogP) is 10.1. The normalized spacial score (nSPS) is 15.9. The fourth-order valence-corrected chi connectivity index (χ4v) is 6.26. The summed E-state index contributed by atoms with van der Waals surface area (Å²) in [6, 6.07) is 47.1. The van der Waals surface area contributed by atoms with Gasteiger partial charge in [0.05, 0.1) is 0 Å². The maximum Gasteiger partial charge on any atom is 0.163 e. The molecule has 1 aromatic heterocycles. The zero-order valence-electron chi connectivity index (χ0n) is 23.9. The van der Waals surface area contributed by atoms with Gasteiger partial charge in [-0.05, 0) is 61.8 Å². The van der Waals surface area contributed by atoms with Crippen molar-refractivity contribution in [1.82, 2.24) is 15.0 Å². The Morgan fingerprint density at radius 2 is 1.00 bits per heavy atom. The zero-order valence-corrected chi connectivity index (χ0v) is 23.9. The van der Waals surface area contributed by atoms with Gasteiger partial charge in [-0.3, -0.25) is 0 Å². The van der Waals surface area contributed by atoms with Gasteiger partial charge < -0.3 is 0 Å². The van der Waals surface area contributed by atoms with E-state index in [1.165, 1.54) is 43.8 Å². The van der Waals surface area contributed by atoms with E-state index in [9.17, 15) is 0 Å². The zero-order chi connectivity index (χ0) is 28.8. The van der Waals surface area contributed by atoms with Gasteiger partial charge >= 0.3 is 0 Å². The minimum absolute atomic E-state index is 0.0488. The lowest BCUT2D eigenvalue weighted by Crippen LogP contribution is -2.15. The van der Waals surface area contributed by atoms with E-state index in [1.807, 2.05) is 0 Å². The van der Waals surface area contributed by atoms with Gasteiger partial charge in [0.2, 0.25) is 0 Å². The van der Waals surface area contributed by atoms with Crippen molar-refractivity contribution in [3.8, 4) is 33.9 Å². The van der Waals surface area contributed by atoms with Crippen LogP contribution in [0.3, 0.4) is 0 Å². The Balaban J connectivity index is 1.22. The van der Waals surface area contributed by atoms with Gasteiger partial charge in [-0.1, -0.05) is 140 Å². The first-order valence-corrected chi connectivity index (χ1v) is 14.8. The van der Waals surface area contributed by atoms with E-state index in [2.05, 4.69) is 153 Å². The van der Waals surface area contributed by atoms with Gasteiger partial charge in [0, 0.05) is 17.0 Å². The van der Waals surface area contributed by atoms with Crippen molar-refractivity contribution in [2.45, 2.75) is 18.8 Å². The van der Waals surface area contributed by atoms with Crippen LogP contribution in [0.5, 0.6) is 0 Å². The molecule has 0 fully saturated rings. The molecule has 3 heteroatoms. The molecule has 6 aromatic carbocycles. The summed E-state index contributed by atoms with van der Waals surface area (Å²) in [5.41, 5.74) is 6.91. The van der Waals surface area contributed by atoms with Crippen molar-refractivity contribution in [1.29, 1.82) is 0 Å². The Labute approximate surface area is 251 Å². The van der Waals surface area contributed by atoms with E-state index in [1.54, 1.807) is 0 Å². The van der Waals surface area contributed by atoms with Crippen molar-refractivity contribution in [3.63, 3.8) is 0 Å². The molecule has 1 aliphatic rings. The van der Waals surface area contributed by atoms with Crippen LogP contribution in [0.25, 0.3) is 61.5 Å². The van der Waals surface area contributed by atoms with Crippen molar-refractivity contribution < 1.29 is 0 Å². The standard InChI is InChI=1S/C40H29N3/c1-26-36-13-7-6-10-30(36)22-23-37(26)40-42-38(41-39(43-40)35-21-17-28-9-3-5-12-33(28)25-35)31-18-14-29(15-19-31)34-20-16-27-8-2-4-11-32(27)24-34/h2-26,37H,1H3. The molecule has 2 unspecified atom stereocenters. The molecular weight excluding hydrogens is 522 g/mol. The van der Waals surface area contributed by atoms with Crippen LogP contribution >= 0.6 is 0 Å². The van der Waals surface area contributed by atoms with Gasteiger partial charge in [-0.2, -0.15) is 0 Å². The van der Waals surface area contributed by atoms with Gasteiger partial charge in [-0.25, -0.2) is 15.0 Å². The smallest absolute Gasteiger partial charge is 0.163 e. The topological polar surface area (TPSA) is 38.7 Å². The van der Waals surface area contributed by atoms with Gasteiger partial charge in [-0.15, -0.1) is 0 Å². The second kappa shape index (κ2) is 10.5. The molecule has 0 saturated carbocycles. The second-order valence-corrected chi connectivity index (χ2v) is 11.3. The fourth-order valence-electron chi connectivity index (χ4n) is 6.26.